The minimum Gasteiger partial charge on any atom is -0.322 e. The highest BCUT2D eigenvalue weighted by Crippen LogP contribution is 2.25. The molecule has 3 N–H and O–H groups in total. The highest BCUT2D eigenvalue weighted by atomic mass is 35.5. The van der Waals surface area contributed by atoms with E-state index in [4.69, 9.17) is 17.4 Å². The van der Waals surface area contributed by atoms with Crippen LogP contribution < -0.4 is 16.2 Å². The minimum atomic E-state index is -3.10. The molecule has 3 amide bonds. The number of para-hydroxylation sites is 1. The van der Waals surface area contributed by atoms with Gasteiger partial charge in [0.25, 0.3) is 5.91 Å². The molecule has 0 aromatic heterocycles. The second-order valence-electron chi connectivity index (χ2n) is 6.62. The third-order valence-electron chi connectivity index (χ3n) is 4.69. The largest absolute Gasteiger partial charge is 0.324 e. The zero-order valence-electron chi connectivity index (χ0n) is 15.5. The van der Waals surface area contributed by atoms with Gasteiger partial charge < -0.3 is 4.90 Å². The number of carbonyl (C=O) groups excluding carboxylic acids is 2. The van der Waals surface area contributed by atoms with Gasteiger partial charge in [0.2, 0.25) is 0 Å². The van der Waals surface area contributed by atoms with Crippen molar-refractivity contribution in [2.24, 2.45) is 5.84 Å². The highest BCUT2D eigenvalue weighted by Gasteiger charge is 2.29. The topological polar surface area (TPSA) is 113 Å². The second-order valence-corrected chi connectivity index (χ2v) is 9.33. The Hall–Kier alpha value is -2.62. The molecular formula is C19H21ClN4O4S. The van der Waals surface area contributed by atoms with Crippen LogP contribution in [-0.4, -0.2) is 49.9 Å². The Morgan fingerprint density at radius 1 is 1.10 bits per heavy atom. The molecule has 2 aromatic rings. The van der Waals surface area contributed by atoms with E-state index in [1.54, 1.807) is 29.2 Å². The van der Waals surface area contributed by atoms with Crippen molar-refractivity contribution in [2.75, 3.05) is 29.5 Å². The van der Waals surface area contributed by atoms with E-state index in [2.05, 4.69) is 0 Å². The number of hydrogen-bond donors (Lipinski definition) is 2. The number of anilines is 1. The van der Waals surface area contributed by atoms with E-state index < -0.39 is 15.7 Å². The number of urea groups is 1. The zero-order valence-corrected chi connectivity index (χ0v) is 17.1. The van der Waals surface area contributed by atoms with Crippen molar-refractivity contribution in [3.8, 4) is 0 Å². The Morgan fingerprint density at radius 3 is 2.34 bits per heavy atom. The van der Waals surface area contributed by atoms with Gasteiger partial charge in [-0.1, -0.05) is 35.9 Å². The number of rotatable bonds is 4. The van der Waals surface area contributed by atoms with E-state index in [1.807, 2.05) is 23.6 Å². The molecule has 0 aliphatic carbocycles. The summed E-state index contributed by atoms with van der Waals surface area (Å²) >= 11 is 6.34. The van der Waals surface area contributed by atoms with Crippen LogP contribution in [0.2, 0.25) is 5.02 Å². The molecule has 2 aromatic carbocycles. The highest BCUT2D eigenvalue weighted by molar-refractivity contribution is 7.91. The van der Waals surface area contributed by atoms with E-state index in [0.717, 1.165) is 0 Å². The first-order chi connectivity index (χ1) is 13.8. The number of halogens is 1. The van der Waals surface area contributed by atoms with Crippen LogP contribution in [0.5, 0.6) is 0 Å². The molecule has 1 fully saturated rings. The molecule has 1 heterocycles. The maximum atomic E-state index is 13.2. The molecule has 29 heavy (non-hydrogen) atoms. The molecule has 0 atom stereocenters. The lowest BCUT2D eigenvalue weighted by Crippen LogP contribution is -2.49. The third kappa shape index (κ3) is 5.06. The van der Waals surface area contributed by atoms with Gasteiger partial charge in [-0.05, 0) is 29.8 Å². The lowest BCUT2D eigenvalue weighted by Gasteiger charge is -2.33. The summed E-state index contributed by atoms with van der Waals surface area (Å²) in [5, 5.41) is 0.320. The predicted molar refractivity (Wildman–Crippen MR) is 111 cm³/mol. The Balaban J connectivity index is 1.87. The van der Waals surface area contributed by atoms with Gasteiger partial charge >= 0.3 is 6.03 Å². The maximum Gasteiger partial charge on any atom is 0.324 e. The van der Waals surface area contributed by atoms with E-state index in [1.165, 1.54) is 11.0 Å². The Labute approximate surface area is 174 Å². The number of amides is 3. The number of benzene rings is 2. The fourth-order valence-electron chi connectivity index (χ4n) is 3.02. The lowest BCUT2D eigenvalue weighted by atomic mass is 10.1. The maximum absolute atomic E-state index is 13.2. The Morgan fingerprint density at radius 2 is 1.76 bits per heavy atom. The van der Waals surface area contributed by atoms with Gasteiger partial charge in [-0.15, -0.1) is 0 Å². The van der Waals surface area contributed by atoms with E-state index >= 15 is 0 Å². The van der Waals surface area contributed by atoms with Gasteiger partial charge in [0.15, 0.2) is 9.84 Å². The molecule has 0 radical (unpaired) electrons. The molecule has 0 spiro atoms. The average Bonchev–Trinajstić information content (AvgIpc) is 2.72. The molecule has 3 rings (SSSR count). The number of nitrogen functional groups attached to an aromatic ring is 1. The molecular weight excluding hydrogens is 416 g/mol. The first-order valence-electron chi connectivity index (χ1n) is 8.92. The third-order valence-corrected chi connectivity index (χ3v) is 6.65. The number of nitrogens with one attached hydrogen (secondary N) is 1. The fraction of sp³-hybridized carbons (Fsp3) is 0.263. The minimum absolute atomic E-state index is 0.0506. The van der Waals surface area contributed by atoms with Crippen molar-refractivity contribution in [3.05, 3.63) is 64.7 Å². The van der Waals surface area contributed by atoms with E-state index in [0.29, 0.717) is 21.8 Å². The van der Waals surface area contributed by atoms with E-state index in [9.17, 15) is 18.0 Å². The fourth-order valence-corrected chi connectivity index (χ4v) is 4.46. The molecule has 1 aliphatic heterocycles. The number of hydrazine groups is 1. The van der Waals surface area contributed by atoms with Crippen LogP contribution in [0.15, 0.2) is 48.5 Å². The summed E-state index contributed by atoms with van der Waals surface area (Å²) in [5.41, 5.74) is 3.65. The van der Waals surface area contributed by atoms with Crippen LogP contribution in [0, 0.1) is 0 Å². The summed E-state index contributed by atoms with van der Waals surface area (Å²) in [4.78, 5) is 27.9. The van der Waals surface area contributed by atoms with Crippen molar-refractivity contribution < 1.29 is 18.0 Å². The van der Waals surface area contributed by atoms with Gasteiger partial charge in [0, 0.05) is 29.4 Å². The van der Waals surface area contributed by atoms with Crippen LogP contribution in [0.4, 0.5) is 10.5 Å². The smallest absolute Gasteiger partial charge is 0.322 e. The lowest BCUT2D eigenvalue weighted by molar-refractivity contribution is 0.0953. The summed E-state index contributed by atoms with van der Waals surface area (Å²) in [6.07, 6.45) is 0. The van der Waals surface area contributed by atoms with Gasteiger partial charge in [-0.25, -0.2) is 19.1 Å². The number of nitrogens with two attached hydrogens (primary N) is 1. The number of hydrogen-bond acceptors (Lipinski definition) is 5. The first-order valence-corrected chi connectivity index (χ1v) is 11.1. The van der Waals surface area contributed by atoms with Gasteiger partial charge in [0.05, 0.1) is 18.1 Å². The standard InChI is InChI=1S/C19H21ClN4O4S/c20-17-12-14(18(25)22-21)6-7-15(17)13-24(16-4-2-1-3-5-16)19(26)23-8-10-29(27,28)11-9-23/h1-7,12H,8-11,13,21H2,(H,22,25). The van der Waals surface area contributed by atoms with Crippen LogP contribution in [0.3, 0.4) is 0 Å². The monoisotopic (exact) mass is 436 g/mol. The molecule has 0 bridgehead atoms. The summed E-state index contributed by atoms with van der Waals surface area (Å²) in [5.74, 6) is 4.58. The Bertz CT molecular complexity index is 1000. The van der Waals surface area contributed by atoms with Gasteiger partial charge in [0.1, 0.15) is 0 Å². The molecule has 10 heteroatoms. The molecule has 0 unspecified atom stereocenters. The van der Waals surface area contributed by atoms with Crippen molar-refractivity contribution in [1.29, 1.82) is 0 Å². The SMILES string of the molecule is NNC(=O)c1ccc(CN(C(=O)N2CCS(=O)(=O)CC2)c2ccccc2)c(Cl)c1. The quantitative estimate of drug-likeness (QED) is 0.431. The first kappa shape index (κ1) is 21.1. The average molecular weight is 437 g/mol. The number of sulfone groups is 1. The number of carbonyl (C=O) groups is 2. The van der Waals surface area contributed by atoms with Crippen LogP contribution in [0.1, 0.15) is 15.9 Å². The Kier molecular flexibility index (Phi) is 6.41. The van der Waals surface area contributed by atoms with Crippen molar-refractivity contribution in [3.63, 3.8) is 0 Å². The van der Waals surface area contributed by atoms with E-state index in [-0.39, 0.29) is 37.2 Å². The van der Waals surface area contributed by atoms with Crippen molar-refractivity contribution in [1.82, 2.24) is 10.3 Å². The van der Waals surface area contributed by atoms with Crippen LogP contribution in [0.25, 0.3) is 0 Å². The van der Waals surface area contributed by atoms with Crippen molar-refractivity contribution >= 4 is 39.1 Å². The summed E-state index contributed by atoms with van der Waals surface area (Å²) in [6, 6.07) is 13.5. The van der Waals surface area contributed by atoms with Gasteiger partial charge in [-0.3, -0.25) is 15.1 Å². The van der Waals surface area contributed by atoms with Crippen molar-refractivity contribution in [2.45, 2.75) is 6.54 Å². The van der Waals surface area contributed by atoms with Crippen LogP contribution >= 0.6 is 11.6 Å². The molecule has 1 saturated heterocycles. The predicted octanol–water partition coefficient (Wildman–Crippen LogP) is 1.80. The molecule has 8 nitrogen and oxygen atoms in total. The summed E-state index contributed by atoms with van der Waals surface area (Å²) < 4.78 is 23.4. The normalized spacial score (nSPS) is 15.6. The molecule has 1 aliphatic rings. The second kappa shape index (κ2) is 8.81. The molecule has 0 saturated carbocycles. The molecule has 154 valence electrons. The van der Waals surface area contributed by atoms with Crippen LogP contribution in [-0.2, 0) is 16.4 Å². The van der Waals surface area contributed by atoms with Gasteiger partial charge in [-0.2, -0.15) is 0 Å². The number of nitrogens with zero attached hydrogens (tertiary/aromatic N) is 2. The summed E-state index contributed by atoms with van der Waals surface area (Å²) in [7, 11) is -3.10. The zero-order chi connectivity index (χ0) is 21.0. The summed E-state index contributed by atoms with van der Waals surface area (Å²) in [6.45, 7) is 0.455.